The molecule has 1 saturated carbocycles. The highest BCUT2D eigenvalue weighted by atomic mass is 16.3. The monoisotopic (exact) mass is 569 g/mol. The number of carbonyl (C=O) groups excluding carboxylic acids is 1. The lowest BCUT2D eigenvalue weighted by molar-refractivity contribution is 0.0711. The van der Waals surface area contributed by atoms with Gasteiger partial charge in [0.05, 0.1) is 23.2 Å². The van der Waals surface area contributed by atoms with E-state index in [0.29, 0.717) is 30.4 Å². The van der Waals surface area contributed by atoms with Gasteiger partial charge in [-0.3, -0.25) is 9.78 Å². The Labute approximate surface area is 246 Å². The zero-order chi connectivity index (χ0) is 29.4. The minimum Gasteiger partial charge on any atom is -0.393 e. The quantitative estimate of drug-likeness (QED) is 0.344. The van der Waals surface area contributed by atoms with Gasteiger partial charge in [-0.15, -0.1) is 0 Å². The molecule has 1 aliphatic heterocycles. The summed E-state index contributed by atoms with van der Waals surface area (Å²) in [5.74, 6) is 2.24. The first kappa shape index (κ1) is 28.0. The molecule has 5 heterocycles. The van der Waals surface area contributed by atoms with Gasteiger partial charge in [0, 0.05) is 56.3 Å². The highest BCUT2D eigenvalue weighted by molar-refractivity contribution is 5.94. The highest BCUT2D eigenvalue weighted by Gasteiger charge is 2.31. The number of rotatable bonds is 6. The van der Waals surface area contributed by atoms with Gasteiger partial charge in [0.25, 0.3) is 5.91 Å². The van der Waals surface area contributed by atoms with Crippen LogP contribution in [0.4, 0.5) is 17.6 Å². The van der Waals surface area contributed by atoms with Crippen LogP contribution in [0.5, 0.6) is 0 Å². The summed E-state index contributed by atoms with van der Waals surface area (Å²) in [6, 6.07) is 9.71. The number of likely N-dealkylation sites (tertiary alicyclic amines) is 1. The van der Waals surface area contributed by atoms with E-state index in [0.717, 1.165) is 72.5 Å². The number of aliphatic hydroxyl groups excluding tert-OH is 1. The van der Waals surface area contributed by atoms with Gasteiger partial charge in [0.15, 0.2) is 5.65 Å². The minimum absolute atomic E-state index is 0.0594. The van der Waals surface area contributed by atoms with E-state index < -0.39 is 0 Å². The number of carbonyl (C=O) groups is 1. The molecule has 0 aromatic carbocycles. The molecule has 11 nitrogen and oxygen atoms in total. The van der Waals surface area contributed by atoms with Crippen molar-refractivity contribution in [2.45, 2.75) is 70.4 Å². The normalized spacial score (nSPS) is 19.7. The number of hydrogen-bond acceptors (Lipinski definition) is 9. The van der Waals surface area contributed by atoms with E-state index in [4.69, 9.17) is 10.1 Å². The molecule has 42 heavy (non-hydrogen) atoms. The van der Waals surface area contributed by atoms with Crippen molar-refractivity contribution in [2.75, 3.05) is 37.4 Å². The van der Waals surface area contributed by atoms with Crippen molar-refractivity contribution in [3.63, 3.8) is 0 Å². The SMILES string of the molecule is Cc1cc(C(=O)N2CCC(c3nn(C4CCC(O)CC4)c4nc(Nc5cccc(N(C)C)n5)ncc34)CC2)cc(C)n1. The Morgan fingerprint density at radius 1 is 0.976 bits per heavy atom. The third kappa shape index (κ3) is 5.78. The predicted octanol–water partition coefficient (Wildman–Crippen LogP) is 4.54. The van der Waals surface area contributed by atoms with E-state index in [9.17, 15) is 9.90 Å². The van der Waals surface area contributed by atoms with Gasteiger partial charge >= 0.3 is 0 Å². The maximum absolute atomic E-state index is 13.3. The molecule has 0 spiro atoms. The summed E-state index contributed by atoms with van der Waals surface area (Å²) in [7, 11) is 3.91. The van der Waals surface area contributed by atoms with E-state index >= 15 is 0 Å². The van der Waals surface area contributed by atoms with Crippen molar-refractivity contribution < 1.29 is 9.90 Å². The van der Waals surface area contributed by atoms with Crippen LogP contribution < -0.4 is 10.2 Å². The first-order valence-corrected chi connectivity index (χ1v) is 14.8. The van der Waals surface area contributed by atoms with Gasteiger partial charge in [-0.2, -0.15) is 10.1 Å². The van der Waals surface area contributed by atoms with Crippen LogP contribution in [0.15, 0.2) is 36.5 Å². The average molecular weight is 570 g/mol. The molecule has 2 aliphatic rings. The number of nitrogens with one attached hydrogen (secondary N) is 1. The molecule has 11 heteroatoms. The van der Waals surface area contributed by atoms with Crippen molar-refractivity contribution in [3.05, 3.63) is 59.2 Å². The fourth-order valence-electron chi connectivity index (χ4n) is 6.22. The molecule has 6 rings (SSSR count). The zero-order valence-corrected chi connectivity index (χ0v) is 24.8. The van der Waals surface area contributed by atoms with Crippen molar-refractivity contribution >= 4 is 34.5 Å². The Kier molecular flexibility index (Phi) is 7.76. The number of aromatic nitrogens is 6. The summed E-state index contributed by atoms with van der Waals surface area (Å²) in [4.78, 5) is 35.8. The molecule has 4 aromatic rings. The fraction of sp³-hybridized carbons (Fsp3) is 0.484. The second-order valence-electron chi connectivity index (χ2n) is 11.8. The van der Waals surface area contributed by atoms with E-state index in [1.807, 2.05) is 74.3 Å². The number of nitrogens with zero attached hydrogens (tertiary/aromatic N) is 8. The van der Waals surface area contributed by atoms with Gasteiger partial charge in [-0.05, 0) is 76.6 Å². The second-order valence-corrected chi connectivity index (χ2v) is 11.8. The number of amides is 1. The fourth-order valence-corrected chi connectivity index (χ4v) is 6.22. The lowest BCUT2D eigenvalue weighted by Crippen LogP contribution is -2.38. The summed E-state index contributed by atoms with van der Waals surface area (Å²) >= 11 is 0. The van der Waals surface area contributed by atoms with Crippen molar-refractivity contribution in [3.8, 4) is 0 Å². The van der Waals surface area contributed by atoms with Crippen molar-refractivity contribution in [1.29, 1.82) is 0 Å². The van der Waals surface area contributed by atoms with E-state index in [1.165, 1.54) is 0 Å². The van der Waals surface area contributed by atoms with Crippen molar-refractivity contribution in [2.24, 2.45) is 0 Å². The minimum atomic E-state index is -0.251. The molecule has 0 atom stereocenters. The van der Waals surface area contributed by atoms with E-state index in [-0.39, 0.29) is 24.0 Å². The van der Waals surface area contributed by atoms with E-state index in [2.05, 4.69) is 25.0 Å². The number of fused-ring (bicyclic) bond motifs is 1. The first-order valence-electron chi connectivity index (χ1n) is 14.8. The molecule has 0 radical (unpaired) electrons. The van der Waals surface area contributed by atoms with Gasteiger partial charge in [-0.1, -0.05) is 6.07 Å². The summed E-state index contributed by atoms with van der Waals surface area (Å²) in [5.41, 5.74) is 4.21. The van der Waals surface area contributed by atoms with Crippen LogP contribution in [0.25, 0.3) is 11.0 Å². The van der Waals surface area contributed by atoms with Crippen LogP contribution in [-0.2, 0) is 0 Å². The van der Waals surface area contributed by atoms with Crippen LogP contribution in [0, 0.1) is 13.8 Å². The van der Waals surface area contributed by atoms with Gasteiger partial charge in [-0.25, -0.2) is 14.6 Å². The largest absolute Gasteiger partial charge is 0.393 e. The van der Waals surface area contributed by atoms with Crippen molar-refractivity contribution in [1.82, 2.24) is 34.6 Å². The zero-order valence-electron chi connectivity index (χ0n) is 24.8. The molecule has 1 saturated heterocycles. The molecule has 1 amide bonds. The molecule has 4 aromatic heterocycles. The van der Waals surface area contributed by atoms with Crippen LogP contribution in [0.3, 0.4) is 0 Å². The lowest BCUT2D eigenvalue weighted by Gasteiger charge is -2.31. The molecular weight excluding hydrogens is 530 g/mol. The van der Waals surface area contributed by atoms with Gasteiger partial charge in [0.1, 0.15) is 11.6 Å². The second kappa shape index (κ2) is 11.6. The Bertz CT molecular complexity index is 1560. The van der Waals surface area contributed by atoms with Crippen LogP contribution in [-0.4, -0.2) is 78.9 Å². The molecule has 1 aliphatic carbocycles. The molecular formula is C31H39N9O2. The van der Waals surface area contributed by atoms with Crippen LogP contribution in [0.1, 0.15) is 77.9 Å². The summed E-state index contributed by atoms with van der Waals surface area (Å²) in [6.07, 6.45) is 6.50. The Hall–Kier alpha value is -4.12. The Morgan fingerprint density at radius 2 is 1.69 bits per heavy atom. The summed E-state index contributed by atoms with van der Waals surface area (Å²) < 4.78 is 2.06. The predicted molar refractivity (Wildman–Crippen MR) is 162 cm³/mol. The third-order valence-corrected chi connectivity index (χ3v) is 8.42. The number of pyridine rings is 2. The van der Waals surface area contributed by atoms with Crippen LogP contribution in [0.2, 0.25) is 0 Å². The molecule has 2 N–H and O–H groups in total. The Balaban J connectivity index is 1.26. The Morgan fingerprint density at radius 3 is 2.38 bits per heavy atom. The summed E-state index contributed by atoms with van der Waals surface area (Å²) in [6.45, 7) is 5.18. The lowest BCUT2D eigenvalue weighted by atomic mass is 9.92. The van der Waals surface area contributed by atoms with Gasteiger partial charge < -0.3 is 20.2 Å². The maximum atomic E-state index is 13.3. The average Bonchev–Trinajstić information content (AvgIpc) is 3.36. The number of aryl methyl sites for hydroxylation is 2. The standard InChI is InChI=1S/C31H39N9O2/c1-19-16-22(17-20(2)33-19)30(42)39-14-12-21(13-15-39)28-25-18-32-31(35-26-6-5-7-27(34-26)38(3)4)36-29(25)40(37-28)23-8-10-24(41)11-9-23/h5-7,16-18,21,23-24,41H,8-15H2,1-4H3,(H,32,34,35,36). The number of piperidine rings is 1. The summed E-state index contributed by atoms with van der Waals surface area (Å²) in [5, 5.41) is 19.5. The van der Waals surface area contributed by atoms with Gasteiger partial charge in [0.2, 0.25) is 5.95 Å². The number of aliphatic hydroxyl groups is 1. The molecule has 0 unspecified atom stereocenters. The third-order valence-electron chi connectivity index (χ3n) is 8.42. The number of hydrogen-bond donors (Lipinski definition) is 2. The van der Waals surface area contributed by atoms with E-state index in [1.54, 1.807) is 0 Å². The topological polar surface area (TPSA) is 125 Å². The highest BCUT2D eigenvalue weighted by Crippen LogP contribution is 2.36. The maximum Gasteiger partial charge on any atom is 0.253 e. The van der Waals surface area contributed by atoms with Crippen LogP contribution >= 0.6 is 0 Å². The molecule has 220 valence electrons. The molecule has 0 bridgehead atoms. The smallest absolute Gasteiger partial charge is 0.253 e. The first-order chi connectivity index (χ1) is 20.2. The molecule has 2 fully saturated rings. The number of anilines is 3.